The Morgan fingerprint density at radius 1 is 1.09 bits per heavy atom. The zero-order chi connectivity index (χ0) is 15.8. The maximum atomic E-state index is 6.39. The zero-order valence-electron chi connectivity index (χ0n) is 12.4. The van der Waals surface area contributed by atoms with Gasteiger partial charge < -0.3 is 5.32 Å². The van der Waals surface area contributed by atoms with Gasteiger partial charge in [0.25, 0.3) is 0 Å². The molecular weight excluding hydrogens is 349 g/mol. The van der Waals surface area contributed by atoms with Gasteiger partial charge in [0.05, 0.1) is 19.9 Å². The van der Waals surface area contributed by atoms with Crippen molar-refractivity contribution >= 4 is 40.4 Å². The van der Waals surface area contributed by atoms with Gasteiger partial charge in [-0.2, -0.15) is 5.10 Å². The van der Waals surface area contributed by atoms with Crippen molar-refractivity contribution in [1.82, 2.24) is 9.78 Å². The third kappa shape index (κ3) is 2.75. The Bertz CT molecular complexity index is 853. The molecule has 1 aliphatic heterocycles. The lowest BCUT2D eigenvalue weighted by atomic mass is 10.1. The summed E-state index contributed by atoms with van der Waals surface area (Å²) in [6, 6.07) is 11.8. The molecule has 3 aromatic rings. The Balaban J connectivity index is 1.93. The van der Waals surface area contributed by atoms with E-state index in [0.717, 1.165) is 52.2 Å². The number of anilines is 1. The smallest absolute Gasteiger partial charge is 0.133 e. The molecule has 2 aromatic heterocycles. The molecule has 0 unspecified atom stereocenters. The number of aromatic nitrogens is 2. The highest BCUT2D eigenvalue weighted by Gasteiger charge is 2.23. The first kappa shape index (κ1) is 15.1. The molecule has 0 spiro atoms. The number of hydrogen-bond donors (Lipinski definition) is 1. The molecule has 1 aliphatic rings. The molecular formula is C17H15Cl2N3S. The molecule has 0 bridgehead atoms. The molecule has 0 fully saturated rings. The molecule has 0 amide bonds. The van der Waals surface area contributed by atoms with Crippen LogP contribution in [0.1, 0.15) is 18.4 Å². The quantitative estimate of drug-likeness (QED) is 0.636. The largest absolute Gasteiger partial charge is 0.370 e. The first-order chi connectivity index (χ1) is 11.2. The van der Waals surface area contributed by atoms with E-state index >= 15 is 0 Å². The molecule has 0 radical (unpaired) electrons. The van der Waals surface area contributed by atoms with E-state index < -0.39 is 0 Å². The average molecular weight is 364 g/mol. The molecule has 4 rings (SSSR count). The van der Waals surface area contributed by atoms with Crippen LogP contribution in [0.2, 0.25) is 9.36 Å². The molecule has 1 aromatic carbocycles. The molecule has 3 heterocycles. The van der Waals surface area contributed by atoms with Gasteiger partial charge >= 0.3 is 0 Å². The minimum Gasteiger partial charge on any atom is -0.370 e. The number of fused-ring (bicyclic) bond motifs is 1. The number of benzene rings is 1. The Morgan fingerprint density at radius 2 is 1.96 bits per heavy atom. The first-order valence-corrected chi connectivity index (χ1v) is 9.17. The Hall–Kier alpha value is -1.49. The van der Waals surface area contributed by atoms with Gasteiger partial charge in [0.2, 0.25) is 0 Å². The van der Waals surface area contributed by atoms with Crippen molar-refractivity contribution < 1.29 is 0 Å². The second-order valence-corrected chi connectivity index (χ2v) is 7.65. The van der Waals surface area contributed by atoms with Crippen LogP contribution in [0.3, 0.4) is 0 Å². The van der Waals surface area contributed by atoms with Crippen molar-refractivity contribution in [2.24, 2.45) is 0 Å². The van der Waals surface area contributed by atoms with Crippen LogP contribution in [0.15, 0.2) is 36.4 Å². The van der Waals surface area contributed by atoms with Crippen LogP contribution in [0.5, 0.6) is 0 Å². The molecule has 118 valence electrons. The van der Waals surface area contributed by atoms with Gasteiger partial charge in [-0.3, -0.25) is 0 Å². The Morgan fingerprint density at radius 3 is 2.74 bits per heavy atom. The number of rotatable bonds is 2. The van der Waals surface area contributed by atoms with Crippen molar-refractivity contribution in [3.05, 3.63) is 51.3 Å². The van der Waals surface area contributed by atoms with Gasteiger partial charge in [-0.15, -0.1) is 11.3 Å². The highest BCUT2D eigenvalue weighted by molar-refractivity contribution is 7.19. The van der Waals surface area contributed by atoms with Crippen LogP contribution >= 0.6 is 34.5 Å². The van der Waals surface area contributed by atoms with Crippen LogP contribution in [0.25, 0.3) is 16.3 Å². The van der Waals surface area contributed by atoms with Crippen LogP contribution in [-0.4, -0.2) is 16.3 Å². The lowest BCUT2D eigenvalue weighted by Crippen LogP contribution is -2.07. The molecule has 3 nitrogen and oxygen atoms in total. The van der Waals surface area contributed by atoms with E-state index in [1.165, 1.54) is 5.56 Å². The van der Waals surface area contributed by atoms with Gasteiger partial charge in [-0.1, -0.05) is 35.3 Å². The highest BCUT2D eigenvalue weighted by Crippen LogP contribution is 2.38. The average Bonchev–Trinajstić information content (AvgIpc) is 3.03. The summed E-state index contributed by atoms with van der Waals surface area (Å²) in [4.78, 5) is 1.10. The summed E-state index contributed by atoms with van der Waals surface area (Å²) in [5.74, 6) is 1.05. The molecule has 6 heteroatoms. The molecule has 0 saturated heterocycles. The number of hydrogen-bond acceptors (Lipinski definition) is 3. The van der Waals surface area contributed by atoms with E-state index in [2.05, 4.69) is 5.32 Å². The Kier molecular flexibility index (Phi) is 4.05. The lowest BCUT2D eigenvalue weighted by Gasteiger charge is -2.10. The number of thiophene rings is 1. The summed E-state index contributed by atoms with van der Waals surface area (Å²) < 4.78 is 2.72. The summed E-state index contributed by atoms with van der Waals surface area (Å²) >= 11 is 14.1. The molecule has 0 aliphatic carbocycles. The summed E-state index contributed by atoms with van der Waals surface area (Å²) in [6.07, 6.45) is 3.32. The number of halogens is 2. The van der Waals surface area contributed by atoms with E-state index in [0.29, 0.717) is 5.02 Å². The maximum Gasteiger partial charge on any atom is 0.133 e. The zero-order valence-corrected chi connectivity index (χ0v) is 14.7. The second-order valence-electron chi connectivity index (χ2n) is 5.53. The standard InChI is InChI=1S/C17H15Cl2N3S/c18-12-6-1-2-7-13(12)22-17-11(5-3-4-10-20-17)16(21-22)14-8-9-15(19)23-14/h1-2,6-9,20H,3-5,10H2. The number of para-hydroxylation sites is 1. The topological polar surface area (TPSA) is 29.9 Å². The van der Waals surface area contributed by atoms with Crippen LogP contribution in [0.4, 0.5) is 5.82 Å². The third-order valence-electron chi connectivity index (χ3n) is 4.02. The van der Waals surface area contributed by atoms with E-state index in [4.69, 9.17) is 28.3 Å². The number of nitrogens with zero attached hydrogens (tertiary/aromatic N) is 2. The number of nitrogens with one attached hydrogen (secondary N) is 1. The molecule has 23 heavy (non-hydrogen) atoms. The Labute approximate surface area is 148 Å². The summed E-state index contributed by atoms with van der Waals surface area (Å²) in [7, 11) is 0. The maximum absolute atomic E-state index is 6.39. The van der Waals surface area contributed by atoms with Gasteiger partial charge in [0, 0.05) is 12.1 Å². The predicted octanol–water partition coefficient (Wildman–Crippen LogP) is 5.66. The van der Waals surface area contributed by atoms with Gasteiger partial charge in [0.15, 0.2) is 0 Å². The SMILES string of the molecule is Clc1ccc(-c2nn(-c3ccccc3Cl)c3c2CCCCN3)s1. The minimum absolute atomic E-state index is 0.694. The monoisotopic (exact) mass is 363 g/mol. The normalized spacial score (nSPS) is 14.2. The minimum atomic E-state index is 0.694. The summed E-state index contributed by atoms with van der Waals surface area (Å²) in [6.45, 7) is 0.952. The van der Waals surface area contributed by atoms with Crippen molar-refractivity contribution in [2.75, 3.05) is 11.9 Å². The fourth-order valence-electron chi connectivity index (χ4n) is 2.94. The van der Waals surface area contributed by atoms with Gasteiger partial charge in [-0.05, 0) is 43.5 Å². The van der Waals surface area contributed by atoms with E-state index in [1.54, 1.807) is 11.3 Å². The fraction of sp³-hybridized carbons (Fsp3) is 0.235. The van der Waals surface area contributed by atoms with Gasteiger partial charge in [-0.25, -0.2) is 4.68 Å². The summed E-state index contributed by atoms with van der Waals surface area (Å²) in [5.41, 5.74) is 3.15. The van der Waals surface area contributed by atoms with Crippen molar-refractivity contribution in [3.63, 3.8) is 0 Å². The van der Waals surface area contributed by atoms with Crippen LogP contribution < -0.4 is 5.32 Å². The van der Waals surface area contributed by atoms with E-state index in [-0.39, 0.29) is 0 Å². The predicted molar refractivity (Wildman–Crippen MR) is 98.3 cm³/mol. The van der Waals surface area contributed by atoms with Crippen LogP contribution in [0, 0.1) is 0 Å². The highest BCUT2D eigenvalue weighted by atomic mass is 35.5. The summed E-state index contributed by atoms with van der Waals surface area (Å²) in [5, 5.41) is 9.09. The van der Waals surface area contributed by atoms with E-state index in [1.807, 2.05) is 41.1 Å². The fourth-order valence-corrected chi connectivity index (χ4v) is 4.21. The van der Waals surface area contributed by atoms with Gasteiger partial charge in [0.1, 0.15) is 11.5 Å². The lowest BCUT2D eigenvalue weighted by molar-refractivity contribution is 0.780. The molecule has 0 atom stereocenters. The third-order valence-corrected chi connectivity index (χ3v) is 5.57. The van der Waals surface area contributed by atoms with Crippen molar-refractivity contribution in [2.45, 2.75) is 19.3 Å². The molecule has 1 N–H and O–H groups in total. The van der Waals surface area contributed by atoms with E-state index in [9.17, 15) is 0 Å². The van der Waals surface area contributed by atoms with Crippen molar-refractivity contribution in [3.8, 4) is 16.3 Å². The van der Waals surface area contributed by atoms with Crippen LogP contribution in [-0.2, 0) is 6.42 Å². The first-order valence-electron chi connectivity index (χ1n) is 7.60. The second kappa shape index (κ2) is 6.19. The van der Waals surface area contributed by atoms with Crippen molar-refractivity contribution in [1.29, 1.82) is 0 Å². The molecule has 0 saturated carbocycles.